The molecule has 0 fully saturated rings. The highest BCUT2D eigenvalue weighted by Gasteiger charge is 2.24. The summed E-state index contributed by atoms with van der Waals surface area (Å²) in [5.41, 5.74) is 2.02. The van der Waals surface area contributed by atoms with Crippen LogP contribution in [0.1, 0.15) is 25.0 Å². The highest BCUT2D eigenvalue weighted by Crippen LogP contribution is 2.36. The van der Waals surface area contributed by atoms with Gasteiger partial charge in [-0.2, -0.15) is 0 Å². The molecule has 6 heteroatoms. The van der Waals surface area contributed by atoms with E-state index < -0.39 is 0 Å². The number of hydrogen-bond donors (Lipinski definition) is 2. The van der Waals surface area contributed by atoms with Gasteiger partial charge in [0.1, 0.15) is 12.4 Å². The molecule has 1 heterocycles. The van der Waals surface area contributed by atoms with Crippen LogP contribution < -0.4 is 24.8 Å². The molecule has 0 unspecified atom stereocenters. The summed E-state index contributed by atoms with van der Waals surface area (Å²) < 4.78 is 16.4. The number of rotatable bonds is 7. The highest BCUT2D eigenvalue weighted by atomic mass is 16.7. The summed E-state index contributed by atoms with van der Waals surface area (Å²) in [5.74, 6) is 2.30. The number of benzene rings is 2. The van der Waals surface area contributed by atoms with Gasteiger partial charge in [0.15, 0.2) is 11.5 Å². The predicted octanol–water partition coefficient (Wildman–Crippen LogP) is 3.38. The number of carbonyl (C=O) groups excluding carboxylic acids is 1. The van der Waals surface area contributed by atoms with Crippen molar-refractivity contribution < 1.29 is 19.0 Å². The van der Waals surface area contributed by atoms with E-state index in [9.17, 15) is 4.79 Å². The van der Waals surface area contributed by atoms with Gasteiger partial charge in [0.05, 0.1) is 6.54 Å². The Hall–Kier alpha value is -2.89. The Morgan fingerprint density at radius 3 is 2.59 bits per heavy atom. The van der Waals surface area contributed by atoms with Crippen molar-refractivity contribution in [3.63, 3.8) is 0 Å². The van der Waals surface area contributed by atoms with Crippen molar-refractivity contribution in [3.8, 4) is 17.2 Å². The molecule has 2 N–H and O–H groups in total. The molecule has 0 atom stereocenters. The Morgan fingerprint density at radius 2 is 1.81 bits per heavy atom. The first kappa shape index (κ1) is 18.9. The van der Waals surface area contributed by atoms with Crippen LogP contribution in [0.5, 0.6) is 17.2 Å². The number of urea groups is 1. The zero-order valence-electron chi connectivity index (χ0n) is 16.0. The minimum atomic E-state index is -0.239. The lowest BCUT2D eigenvalue weighted by molar-refractivity contribution is 0.174. The topological polar surface area (TPSA) is 68.8 Å². The molecule has 144 valence electrons. The second-order valence-electron chi connectivity index (χ2n) is 7.22. The van der Waals surface area contributed by atoms with Crippen LogP contribution in [0.25, 0.3) is 0 Å². The molecule has 6 nitrogen and oxygen atoms in total. The molecule has 3 rings (SSSR count). The largest absolute Gasteiger partial charge is 0.492 e. The zero-order valence-corrected chi connectivity index (χ0v) is 16.0. The van der Waals surface area contributed by atoms with Crippen LogP contribution in [0.3, 0.4) is 0 Å². The molecule has 1 aliphatic heterocycles. The summed E-state index contributed by atoms with van der Waals surface area (Å²) in [6.45, 7) is 7.78. The van der Waals surface area contributed by atoms with E-state index in [1.165, 1.54) is 5.56 Å². The van der Waals surface area contributed by atoms with Gasteiger partial charge in [0, 0.05) is 12.0 Å². The van der Waals surface area contributed by atoms with Crippen LogP contribution in [0.4, 0.5) is 4.79 Å². The molecule has 0 bridgehead atoms. The fourth-order valence-electron chi connectivity index (χ4n) is 2.75. The van der Waals surface area contributed by atoms with Gasteiger partial charge in [-0.15, -0.1) is 0 Å². The molecular formula is C21H26N2O4. The van der Waals surface area contributed by atoms with Crippen molar-refractivity contribution in [3.05, 3.63) is 53.6 Å². The molecule has 2 aromatic carbocycles. The molecule has 0 spiro atoms. The molecule has 0 aromatic heterocycles. The van der Waals surface area contributed by atoms with Crippen LogP contribution in [0, 0.1) is 6.92 Å². The molecule has 1 aliphatic rings. The molecule has 0 saturated heterocycles. The van der Waals surface area contributed by atoms with Crippen LogP contribution in [0.15, 0.2) is 42.5 Å². The van der Waals surface area contributed by atoms with E-state index in [1.54, 1.807) is 0 Å². The third-order valence-electron chi connectivity index (χ3n) is 4.52. The van der Waals surface area contributed by atoms with Crippen molar-refractivity contribution in [2.45, 2.75) is 26.2 Å². The van der Waals surface area contributed by atoms with Gasteiger partial charge in [-0.25, -0.2) is 4.79 Å². The quantitative estimate of drug-likeness (QED) is 0.733. The SMILES string of the molecule is Cc1ccc(OCCNC(=O)NCC(C)(C)c2ccc3c(c2)OCO3)cc1. The van der Waals surface area contributed by atoms with E-state index in [1.807, 2.05) is 49.4 Å². The number of hydrogen-bond acceptors (Lipinski definition) is 4. The molecule has 0 aliphatic carbocycles. The van der Waals surface area contributed by atoms with Crippen molar-refractivity contribution in [1.82, 2.24) is 10.6 Å². The summed E-state index contributed by atoms with van der Waals surface area (Å²) in [6.07, 6.45) is 0. The van der Waals surface area contributed by atoms with Gasteiger partial charge in [0.2, 0.25) is 6.79 Å². The monoisotopic (exact) mass is 370 g/mol. The summed E-state index contributed by atoms with van der Waals surface area (Å²) >= 11 is 0. The van der Waals surface area contributed by atoms with Crippen LogP contribution in [-0.2, 0) is 5.41 Å². The smallest absolute Gasteiger partial charge is 0.314 e. The Labute approximate surface area is 159 Å². The van der Waals surface area contributed by atoms with Crippen molar-refractivity contribution >= 4 is 6.03 Å². The minimum absolute atomic E-state index is 0.212. The summed E-state index contributed by atoms with van der Waals surface area (Å²) in [7, 11) is 0. The lowest BCUT2D eigenvalue weighted by Crippen LogP contribution is -2.43. The van der Waals surface area contributed by atoms with Crippen LogP contribution in [0.2, 0.25) is 0 Å². The normalized spacial score (nSPS) is 12.6. The molecule has 2 aromatic rings. The third kappa shape index (κ3) is 5.06. The number of aryl methyl sites for hydroxylation is 1. The minimum Gasteiger partial charge on any atom is -0.492 e. The molecular weight excluding hydrogens is 344 g/mol. The maximum atomic E-state index is 12.0. The average Bonchev–Trinajstić information content (AvgIpc) is 3.13. The second-order valence-corrected chi connectivity index (χ2v) is 7.22. The number of carbonyl (C=O) groups is 1. The van der Waals surface area contributed by atoms with Crippen molar-refractivity contribution in [2.75, 3.05) is 26.5 Å². The van der Waals surface area contributed by atoms with Gasteiger partial charge in [-0.05, 0) is 36.8 Å². The fraction of sp³-hybridized carbons (Fsp3) is 0.381. The number of ether oxygens (including phenoxy) is 3. The van der Waals surface area contributed by atoms with E-state index >= 15 is 0 Å². The highest BCUT2D eigenvalue weighted by molar-refractivity contribution is 5.74. The van der Waals surface area contributed by atoms with Crippen LogP contribution in [-0.4, -0.2) is 32.5 Å². The number of nitrogens with one attached hydrogen (secondary N) is 2. The molecule has 2 amide bonds. The first-order valence-corrected chi connectivity index (χ1v) is 9.05. The van der Waals surface area contributed by atoms with Gasteiger partial charge in [-0.3, -0.25) is 0 Å². The maximum Gasteiger partial charge on any atom is 0.314 e. The standard InChI is InChI=1S/C21H26N2O4/c1-15-4-7-17(8-5-15)25-11-10-22-20(24)23-13-21(2,3)16-6-9-18-19(12-16)27-14-26-18/h4-9,12H,10-11,13-14H2,1-3H3,(H2,22,23,24). The van der Waals surface area contributed by atoms with Gasteiger partial charge in [0.25, 0.3) is 0 Å². The fourth-order valence-corrected chi connectivity index (χ4v) is 2.75. The average molecular weight is 370 g/mol. The van der Waals surface area contributed by atoms with Gasteiger partial charge < -0.3 is 24.8 Å². The first-order valence-electron chi connectivity index (χ1n) is 9.05. The van der Waals surface area contributed by atoms with Gasteiger partial charge >= 0.3 is 6.03 Å². The Kier molecular flexibility index (Phi) is 5.74. The Morgan fingerprint density at radius 1 is 1.07 bits per heavy atom. The van der Waals surface area contributed by atoms with E-state index in [0.29, 0.717) is 19.7 Å². The van der Waals surface area contributed by atoms with E-state index in [0.717, 1.165) is 22.8 Å². The lowest BCUT2D eigenvalue weighted by atomic mass is 9.84. The maximum absolute atomic E-state index is 12.0. The zero-order chi connectivity index (χ0) is 19.3. The van der Waals surface area contributed by atoms with E-state index in [2.05, 4.69) is 24.5 Å². The lowest BCUT2D eigenvalue weighted by Gasteiger charge is -2.26. The predicted molar refractivity (Wildman–Crippen MR) is 104 cm³/mol. The first-order chi connectivity index (χ1) is 12.9. The summed E-state index contributed by atoms with van der Waals surface area (Å²) in [5, 5.41) is 5.73. The number of amides is 2. The summed E-state index contributed by atoms with van der Waals surface area (Å²) in [4.78, 5) is 12.0. The second kappa shape index (κ2) is 8.20. The summed E-state index contributed by atoms with van der Waals surface area (Å²) in [6, 6.07) is 13.5. The van der Waals surface area contributed by atoms with Crippen molar-refractivity contribution in [2.24, 2.45) is 0 Å². The number of fused-ring (bicyclic) bond motifs is 1. The molecule has 27 heavy (non-hydrogen) atoms. The Bertz CT molecular complexity index is 787. The molecule has 0 saturated carbocycles. The van der Waals surface area contributed by atoms with E-state index in [4.69, 9.17) is 14.2 Å². The van der Waals surface area contributed by atoms with Crippen molar-refractivity contribution in [1.29, 1.82) is 0 Å². The molecule has 0 radical (unpaired) electrons. The van der Waals surface area contributed by atoms with E-state index in [-0.39, 0.29) is 18.2 Å². The Balaban J connectivity index is 1.40. The van der Waals surface area contributed by atoms with Crippen LogP contribution >= 0.6 is 0 Å². The third-order valence-corrected chi connectivity index (χ3v) is 4.52. The van der Waals surface area contributed by atoms with Gasteiger partial charge in [-0.1, -0.05) is 37.6 Å².